The van der Waals surface area contributed by atoms with E-state index in [4.69, 9.17) is 10.1 Å². The van der Waals surface area contributed by atoms with Gasteiger partial charge in [0.2, 0.25) is 0 Å². The van der Waals surface area contributed by atoms with E-state index in [1.807, 2.05) is 0 Å². The summed E-state index contributed by atoms with van der Waals surface area (Å²) in [6, 6.07) is 18.1. The molecule has 37 heavy (non-hydrogen) atoms. The second-order valence-electron chi connectivity index (χ2n) is 11.5. The minimum absolute atomic E-state index is 0.301. The van der Waals surface area contributed by atoms with E-state index in [9.17, 15) is 8.42 Å². The molecule has 6 rings (SSSR count). The average molecular weight is 520 g/mol. The Morgan fingerprint density at radius 2 is 1.57 bits per heavy atom. The summed E-state index contributed by atoms with van der Waals surface area (Å²) in [4.78, 5) is 10.5. The lowest BCUT2D eigenvalue weighted by molar-refractivity contribution is 0.129. The van der Waals surface area contributed by atoms with Crippen molar-refractivity contribution in [3.63, 3.8) is 0 Å². The van der Waals surface area contributed by atoms with Crippen LogP contribution >= 0.6 is 0 Å². The number of sulfone groups is 1. The highest BCUT2D eigenvalue weighted by Crippen LogP contribution is 2.38. The maximum atomic E-state index is 11.8. The summed E-state index contributed by atoms with van der Waals surface area (Å²) in [5.41, 5.74) is 3.54. The SMILES string of the molecule is CC1CC(c2ccc(N3CC4CCC(C3)N4C(C)C)cc2)Cn2nc(-c3ccc(S(C)(=O)=O)cc3)nc21. The first kappa shape index (κ1) is 24.6. The summed E-state index contributed by atoms with van der Waals surface area (Å²) >= 11 is 0. The van der Waals surface area contributed by atoms with Crippen LogP contribution in [0.25, 0.3) is 11.4 Å². The molecule has 0 N–H and O–H groups in total. The largest absolute Gasteiger partial charge is 0.368 e. The van der Waals surface area contributed by atoms with E-state index in [1.165, 1.54) is 30.3 Å². The Labute approximate surface area is 220 Å². The van der Waals surface area contributed by atoms with Crippen molar-refractivity contribution in [2.24, 2.45) is 0 Å². The van der Waals surface area contributed by atoms with Crippen LogP contribution in [0.2, 0.25) is 0 Å². The number of benzene rings is 2. The van der Waals surface area contributed by atoms with Crippen LogP contribution in [0.1, 0.15) is 63.3 Å². The van der Waals surface area contributed by atoms with E-state index in [0.29, 0.717) is 40.7 Å². The van der Waals surface area contributed by atoms with Crippen molar-refractivity contribution >= 4 is 15.5 Å². The third-order valence-electron chi connectivity index (χ3n) is 8.58. The molecule has 7 nitrogen and oxygen atoms in total. The minimum Gasteiger partial charge on any atom is -0.368 e. The summed E-state index contributed by atoms with van der Waals surface area (Å²) in [5.74, 6) is 2.36. The molecule has 3 aliphatic heterocycles. The molecule has 8 heteroatoms. The highest BCUT2D eigenvalue weighted by atomic mass is 32.2. The van der Waals surface area contributed by atoms with E-state index in [1.54, 1.807) is 24.3 Å². The highest BCUT2D eigenvalue weighted by Gasteiger charge is 2.41. The van der Waals surface area contributed by atoms with Gasteiger partial charge in [-0.25, -0.2) is 18.1 Å². The molecule has 4 heterocycles. The summed E-state index contributed by atoms with van der Waals surface area (Å²) in [7, 11) is -3.22. The van der Waals surface area contributed by atoms with Crippen LogP contribution in [-0.2, 0) is 16.4 Å². The summed E-state index contributed by atoms with van der Waals surface area (Å²) in [5, 5.41) is 4.82. The number of aromatic nitrogens is 3. The number of hydrogen-bond donors (Lipinski definition) is 0. The Kier molecular flexibility index (Phi) is 6.15. The van der Waals surface area contributed by atoms with Gasteiger partial charge in [-0.2, -0.15) is 5.10 Å². The molecule has 196 valence electrons. The number of piperazine rings is 1. The van der Waals surface area contributed by atoms with Crippen molar-refractivity contribution < 1.29 is 8.42 Å². The maximum absolute atomic E-state index is 11.8. The van der Waals surface area contributed by atoms with E-state index in [0.717, 1.165) is 37.4 Å². The van der Waals surface area contributed by atoms with Crippen molar-refractivity contribution in [2.45, 2.75) is 81.4 Å². The second-order valence-corrected chi connectivity index (χ2v) is 13.5. The normalized spacial score (nSPS) is 26.0. The van der Waals surface area contributed by atoms with Gasteiger partial charge in [-0.05, 0) is 75.1 Å². The molecule has 2 fully saturated rings. The molecule has 2 bridgehead atoms. The Morgan fingerprint density at radius 3 is 2.16 bits per heavy atom. The lowest BCUT2D eigenvalue weighted by Gasteiger charge is -2.44. The average Bonchev–Trinajstić information content (AvgIpc) is 3.42. The fourth-order valence-electron chi connectivity index (χ4n) is 6.83. The number of rotatable bonds is 5. The van der Waals surface area contributed by atoms with Crippen LogP contribution in [0.3, 0.4) is 0 Å². The van der Waals surface area contributed by atoms with Crippen LogP contribution in [0.4, 0.5) is 5.69 Å². The Morgan fingerprint density at radius 1 is 0.919 bits per heavy atom. The molecule has 4 atom stereocenters. The monoisotopic (exact) mass is 519 g/mol. The first-order valence-corrected chi connectivity index (χ1v) is 15.4. The van der Waals surface area contributed by atoms with Crippen molar-refractivity contribution in [3.05, 3.63) is 59.9 Å². The molecule has 3 aromatic rings. The Bertz CT molecular complexity index is 1370. The fourth-order valence-corrected chi connectivity index (χ4v) is 7.46. The van der Waals surface area contributed by atoms with Gasteiger partial charge in [0.15, 0.2) is 15.7 Å². The molecule has 4 unspecified atom stereocenters. The van der Waals surface area contributed by atoms with Crippen LogP contribution in [-0.4, -0.2) is 65.6 Å². The molecule has 1 aromatic heterocycles. The fraction of sp³-hybridized carbons (Fsp3) is 0.517. The molecule has 0 amide bonds. The summed E-state index contributed by atoms with van der Waals surface area (Å²) in [6.07, 6.45) is 4.91. The minimum atomic E-state index is -3.22. The molecule has 2 saturated heterocycles. The van der Waals surface area contributed by atoms with Gasteiger partial charge in [-0.15, -0.1) is 0 Å². The van der Waals surface area contributed by atoms with Gasteiger partial charge in [-0.3, -0.25) is 4.90 Å². The van der Waals surface area contributed by atoms with Gasteiger partial charge in [0.1, 0.15) is 5.82 Å². The predicted molar refractivity (Wildman–Crippen MR) is 147 cm³/mol. The molecule has 0 spiro atoms. The number of anilines is 1. The van der Waals surface area contributed by atoms with Crippen LogP contribution in [0, 0.1) is 0 Å². The lowest BCUT2D eigenvalue weighted by atomic mass is 9.86. The van der Waals surface area contributed by atoms with Gasteiger partial charge >= 0.3 is 0 Å². The number of fused-ring (bicyclic) bond motifs is 3. The van der Waals surface area contributed by atoms with E-state index in [-0.39, 0.29) is 0 Å². The maximum Gasteiger partial charge on any atom is 0.181 e. The first-order chi connectivity index (χ1) is 17.7. The third-order valence-corrected chi connectivity index (χ3v) is 9.71. The van der Waals surface area contributed by atoms with Gasteiger partial charge < -0.3 is 4.90 Å². The van der Waals surface area contributed by atoms with Crippen LogP contribution in [0.15, 0.2) is 53.4 Å². The zero-order chi connectivity index (χ0) is 25.9. The van der Waals surface area contributed by atoms with Crippen molar-refractivity contribution in [1.29, 1.82) is 0 Å². The standard InChI is InChI=1S/C29H37N5O2S/c1-19(2)34-25-11-12-26(34)18-32(17-25)24-9-5-21(6-10-24)23-15-20(3)29-30-28(31-33(29)16-23)22-7-13-27(14-8-22)37(4,35)36/h5-10,13-14,19-20,23,25-26H,11-12,15-18H2,1-4H3. The topological polar surface area (TPSA) is 71.3 Å². The molecule has 0 radical (unpaired) electrons. The molecule has 2 aromatic carbocycles. The molecular weight excluding hydrogens is 482 g/mol. The molecule has 0 saturated carbocycles. The molecule has 3 aliphatic rings. The van der Waals surface area contributed by atoms with Crippen molar-refractivity contribution in [2.75, 3.05) is 24.2 Å². The zero-order valence-corrected chi connectivity index (χ0v) is 23.0. The van der Waals surface area contributed by atoms with E-state index >= 15 is 0 Å². The smallest absolute Gasteiger partial charge is 0.181 e. The summed E-state index contributed by atoms with van der Waals surface area (Å²) in [6.45, 7) is 9.96. The first-order valence-electron chi connectivity index (χ1n) is 13.5. The lowest BCUT2D eigenvalue weighted by Crippen LogP contribution is -2.56. The quantitative estimate of drug-likeness (QED) is 0.487. The summed E-state index contributed by atoms with van der Waals surface area (Å²) < 4.78 is 25.6. The third kappa shape index (κ3) is 4.59. The molecular formula is C29H37N5O2S. The van der Waals surface area contributed by atoms with Crippen molar-refractivity contribution in [1.82, 2.24) is 19.7 Å². The van der Waals surface area contributed by atoms with Crippen molar-refractivity contribution in [3.8, 4) is 11.4 Å². The number of nitrogens with zero attached hydrogens (tertiary/aromatic N) is 5. The van der Waals surface area contributed by atoms with Gasteiger partial charge in [0.25, 0.3) is 0 Å². The van der Waals surface area contributed by atoms with Crippen LogP contribution in [0.5, 0.6) is 0 Å². The van der Waals surface area contributed by atoms with Gasteiger partial charge in [-0.1, -0.05) is 19.1 Å². The second kappa shape index (κ2) is 9.24. The number of hydrogen-bond acceptors (Lipinski definition) is 6. The van der Waals surface area contributed by atoms with E-state index < -0.39 is 9.84 Å². The Balaban J connectivity index is 1.17. The van der Waals surface area contributed by atoms with Gasteiger partial charge in [0.05, 0.1) is 4.90 Å². The predicted octanol–water partition coefficient (Wildman–Crippen LogP) is 4.70. The molecule has 0 aliphatic carbocycles. The Hall–Kier alpha value is -2.71. The van der Waals surface area contributed by atoms with E-state index in [2.05, 4.69) is 59.5 Å². The zero-order valence-electron chi connectivity index (χ0n) is 22.2. The van der Waals surface area contributed by atoms with Gasteiger partial charge in [0, 0.05) is 67.1 Å². The highest BCUT2D eigenvalue weighted by molar-refractivity contribution is 7.90. The van der Waals surface area contributed by atoms with Crippen LogP contribution < -0.4 is 4.90 Å².